The SMILES string of the molecule is CC(NC(C)(C)C(C)O)C(=O)NC(C)(C)C. The molecule has 0 aliphatic rings. The number of amides is 1. The number of aliphatic hydroxyl groups is 1. The van der Waals surface area contributed by atoms with Crippen LogP contribution in [0.25, 0.3) is 0 Å². The summed E-state index contributed by atoms with van der Waals surface area (Å²) in [5, 5.41) is 15.6. The van der Waals surface area contributed by atoms with Gasteiger partial charge in [0.1, 0.15) is 0 Å². The zero-order valence-corrected chi connectivity index (χ0v) is 11.5. The van der Waals surface area contributed by atoms with E-state index in [1.165, 1.54) is 0 Å². The summed E-state index contributed by atoms with van der Waals surface area (Å²) in [5.41, 5.74) is -0.712. The van der Waals surface area contributed by atoms with E-state index in [2.05, 4.69) is 10.6 Å². The smallest absolute Gasteiger partial charge is 0.237 e. The summed E-state index contributed by atoms with van der Waals surface area (Å²) < 4.78 is 0. The Labute approximate surface area is 98.8 Å². The van der Waals surface area contributed by atoms with Gasteiger partial charge in [-0.25, -0.2) is 0 Å². The van der Waals surface area contributed by atoms with Crippen molar-refractivity contribution < 1.29 is 9.90 Å². The monoisotopic (exact) mass is 230 g/mol. The number of hydrogen-bond donors (Lipinski definition) is 3. The van der Waals surface area contributed by atoms with Gasteiger partial charge in [-0.05, 0) is 48.5 Å². The Kier molecular flexibility index (Phi) is 4.95. The first kappa shape index (κ1) is 15.4. The fourth-order valence-corrected chi connectivity index (χ4v) is 1.22. The molecule has 96 valence electrons. The quantitative estimate of drug-likeness (QED) is 0.676. The van der Waals surface area contributed by atoms with Crippen LogP contribution < -0.4 is 10.6 Å². The summed E-state index contributed by atoms with van der Waals surface area (Å²) in [6.07, 6.45) is -0.516. The molecule has 1 amide bonds. The maximum absolute atomic E-state index is 11.8. The third-order valence-electron chi connectivity index (χ3n) is 2.52. The number of carbonyl (C=O) groups excluding carboxylic acids is 1. The summed E-state index contributed by atoms with van der Waals surface area (Å²) in [6.45, 7) is 13.1. The molecule has 0 fully saturated rings. The molecular formula is C12H26N2O2. The highest BCUT2D eigenvalue weighted by Gasteiger charge is 2.29. The Morgan fingerprint density at radius 1 is 1.12 bits per heavy atom. The van der Waals surface area contributed by atoms with Crippen molar-refractivity contribution in [2.45, 2.75) is 71.7 Å². The van der Waals surface area contributed by atoms with E-state index in [4.69, 9.17) is 0 Å². The van der Waals surface area contributed by atoms with Gasteiger partial charge in [0.2, 0.25) is 5.91 Å². The zero-order valence-electron chi connectivity index (χ0n) is 11.5. The van der Waals surface area contributed by atoms with Gasteiger partial charge in [-0.1, -0.05) is 0 Å². The van der Waals surface area contributed by atoms with Gasteiger partial charge in [-0.2, -0.15) is 0 Å². The summed E-state index contributed by atoms with van der Waals surface area (Å²) in [6, 6.07) is -0.330. The molecule has 4 nitrogen and oxygen atoms in total. The predicted octanol–water partition coefficient (Wildman–Crippen LogP) is 1.04. The highest BCUT2D eigenvalue weighted by Crippen LogP contribution is 2.10. The number of nitrogens with one attached hydrogen (secondary N) is 2. The van der Waals surface area contributed by atoms with E-state index < -0.39 is 11.6 Å². The molecule has 2 unspecified atom stereocenters. The van der Waals surface area contributed by atoms with Crippen LogP contribution in [0.4, 0.5) is 0 Å². The third-order valence-corrected chi connectivity index (χ3v) is 2.52. The highest BCUT2D eigenvalue weighted by molar-refractivity contribution is 5.82. The molecule has 3 N–H and O–H groups in total. The van der Waals surface area contributed by atoms with Gasteiger partial charge in [0.15, 0.2) is 0 Å². The van der Waals surface area contributed by atoms with Gasteiger partial charge in [0.05, 0.1) is 12.1 Å². The average molecular weight is 230 g/mol. The summed E-state index contributed by atoms with van der Waals surface area (Å²) in [4.78, 5) is 11.8. The second kappa shape index (κ2) is 5.15. The standard InChI is InChI=1S/C12H26N2O2/c1-8(10(16)14-11(3,4)5)13-12(6,7)9(2)15/h8-9,13,15H,1-7H3,(H,14,16). The molecular weight excluding hydrogens is 204 g/mol. The van der Waals surface area contributed by atoms with Crippen molar-refractivity contribution in [1.82, 2.24) is 10.6 Å². The van der Waals surface area contributed by atoms with E-state index >= 15 is 0 Å². The number of carbonyl (C=O) groups is 1. The van der Waals surface area contributed by atoms with Crippen LogP contribution in [0, 0.1) is 0 Å². The van der Waals surface area contributed by atoms with E-state index in [0.717, 1.165) is 0 Å². The topological polar surface area (TPSA) is 61.4 Å². The predicted molar refractivity (Wildman–Crippen MR) is 66.3 cm³/mol. The molecule has 0 radical (unpaired) electrons. The van der Waals surface area contributed by atoms with Crippen LogP contribution >= 0.6 is 0 Å². The maximum atomic E-state index is 11.8. The van der Waals surface area contributed by atoms with Crippen LogP contribution in [-0.2, 0) is 4.79 Å². The van der Waals surface area contributed by atoms with Crippen LogP contribution in [0.2, 0.25) is 0 Å². The van der Waals surface area contributed by atoms with Crippen molar-refractivity contribution in [3.63, 3.8) is 0 Å². The van der Waals surface area contributed by atoms with Crippen molar-refractivity contribution in [2.75, 3.05) is 0 Å². The molecule has 0 aliphatic heterocycles. The molecule has 0 aromatic carbocycles. The molecule has 0 saturated carbocycles. The summed E-state index contributed by atoms with van der Waals surface area (Å²) in [7, 11) is 0. The first-order valence-corrected chi connectivity index (χ1v) is 5.73. The summed E-state index contributed by atoms with van der Waals surface area (Å²) in [5.74, 6) is -0.0544. The molecule has 16 heavy (non-hydrogen) atoms. The number of hydrogen-bond acceptors (Lipinski definition) is 3. The van der Waals surface area contributed by atoms with Crippen LogP contribution in [0.3, 0.4) is 0 Å². The maximum Gasteiger partial charge on any atom is 0.237 e. The molecule has 0 saturated heterocycles. The van der Waals surface area contributed by atoms with Gasteiger partial charge in [0.25, 0.3) is 0 Å². The molecule has 2 atom stereocenters. The van der Waals surface area contributed by atoms with Gasteiger partial charge < -0.3 is 10.4 Å². The summed E-state index contributed by atoms with van der Waals surface area (Å²) >= 11 is 0. The van der Waals surface area contributed by atoms with Crippen molar-refractivity contribution >= 4 is 5.91 Å². The molecule has 0 heterocycles. The molecule has 0 aromatic rings. The van der Waals surface area contributed by atoms with Crippen LogP contribution in [-0.4, -0.2) is 34.2 Å². The Balaban J connectivity index is 4.37. The fourth-order valence-electron chi connectivity index (χ4n) is 1.22. The zero-order chi connectivity index (χ0) is 13.1. The largest absolute Gasteiger partial charge is 0.392 e. The average Bonchev–Trinajstić information content (AvgIpc) is 1.99. The third kappa shape index (κ3) is 5.47. The lowest BCUT2D eigenvalue weighted by Gasteiger charge is -2.33. The Morgan fingerprint density at radius 2 is 1.56 bits per heavy atom. The molecule has 0 rings (SSSR count). The van der Waals surface area contributed by atoms with Gasteiger partial charge >= 0.3 is 0 Å². The normalized spacial score (nSPS) is 16.8. The van der Waals surface area contributed by atoms with E-state index in [1.807, 2.05) is 34.6 Å². The van der Waals surface area contributed by atoms with E-state index in [0.29, 0.717) is 0 Å². The molecule has 0 bridgehead atoms. The van der Waals surface area contributed by atoms with Gasteiger partial charge in [0, 0.05) is 11.1 Å². The van der Waals surface area contributed by atoms with Crippen molar-refractivity contribution in [3.05, 3.63) is 0 Å². The first-order chi connectivity index (χ1) is 6.96. The lowest BCUT2D eigenvalue weighted by molar-refractivity contribution is -0.125. The Bertz CT molecular complexity index is 242. The Morgan fingerprint density at radius 3 is 1.88 bits per heavy atom. The van der Waals surface area contributed by atoms with E-state index in [9.17, 15) is 9.90 Å². The number of aliphatic hydroxyl groups excluding tert-OH is 1. The molecule has 0 spiro atoms. The molecule has 0 aliphatic carbocycles. The van der Waals surface area contributed by atoms with Gasteiger partial charge in [-0.3, -0.25) is 10.1 Å². The van der Waals surface area contributed by atoms with Crippen molar-refractivity contribution in [3.8, 4) is 0 Å². The minimum Gasteiger partial charge on any atom is -0.392 e. The fraction of sp³-hybridized carbons (Fsp3) is 0.917. The van der Waals surface area contributed by atoms with Crippen LogP contribution in [0.5, 0.6) is 0 Å². The van der Waals surface area contributed by atoms with Crippen LogP contribution in [0.15, 0.2) is 0 Å². The van der Waals surface area contributed by atoms with E-state index in [1.54, 1.807) is 13.8 Å². The van der Waals surface area contributed by atoms with Crippen molar-refractivity contribution in [2.24, 2.45) is 0 Å². The minimum atomic E-state index is -0.516. The molecule has 4 heteroatoms. The molecule has 0 aromatic heterocycles. The Hall–Kier alpha value is -0.610. The van der Waals surface area contributed by atoms with Gasteiger partial charge in [-0.15, -0.1) is 0 Å². The highest BCUT2D eigenvalue weighted by atomic mass is 16.3. The second-order valence-corrected chi connectivity index (χ2v) is 6.00. The second-order valence-electron chi connectivity index (χ2n) is 6.00. The van der Waals surface area contributed by atoms with Crippen LogP contribution in [0.1, 0.15) is 48.5 Å². The van der Waals surface area contributed by atoms with Crippen molar-refractivity contribution in [1.29, 1.82) is 0 Å². The lowest BCUT2D eigenvalue weighted by Crippen LogP contribution is -2.58. The minimum absolute atomic E-state index is 0.0544. The number of rotatable bonds is 4. The van der Waals surface area contributed by atoms with E-state index in [-0.39, 0.29) is 17.5 Å². The first-order valence-electron chi connectivity index (χ1n) is 5.73. The lowest BCUT2D eigenvalue weighted by atomic mass is 9.97.